The van der Waals surface area contributed by atoms with Gasteiger partial charge in [0.2, 0.25) is 0 Å². The van der Waals surface area contributed by atoms with E-state index in [0.29, 0.717) is 10.0 Å². The van der Waals surface area contributed by atoms with Crippen LogP contribution in [0.1, 0.15) is 43.7 Å². The van der Waals surface area contributed by atoms with Gasteiger partial charge >= 0.3 is 0 Å². The van der Waals surface area contributed by atoms with Crippen molar-refractivity contribution in [3.63, 3.8) is 0 Å². The van der Waals surface area contributed by atoms with Gasteiger partial charge in [-0.2, -0.15) is 0 Å². The standard InChI is InChI=1S/C22H26Cl2N2.ClH/c1-2-3-4-7-12-25-14-18-16-26(22-9-6-5-8-20(18)22)15-17-10-11-19(23)13-21(17)24;/h5-6,8-11,13,16,25H,2-4,7,12,14-15H2,1H3;1H. The lowest BCUT2D eigenvalue weighted by Crippen LogP contribution is -2.14. The minimum atomic E-state index is 0. The fourth-order valence-electron chi connectivity index (χ4n) is 3.33. The molecular formula is C22H27Cl3N2. The number of nitrogens with one attached hydrogen (secondary N) is 1. The van der Waals surface area contributed by atoms with Crippen molar-refractivity contribution in [1.82, 2.24) is 9.88 Å². The molecule has 0 aliphatic rings. The van der Waals surface area contributed by atoms with E-state index >= 15 is 0 Å². The number of rotatable bonds is 9. The van der Waals surface area contributed by atoms with Crippen LogP contribution in [0.25, 0.3) is 10.9 Å². The number of benzene rings is 2. The van der Waals surface area contributed by atoms with Crippen LogP contribution < -0.4 is 5.32 Å². The molecule has 0 aliphatic heterocycles. The Morgan fingerprint density at radius 3 is 2.56 bits per heavy atom. The predicted octanol–water partition coefficient (Wildman–Crippen LogP) is 7.09. The van der Waals surface area contributed by atoms with Gasteiger partial charge in [-0.3, -0.25) is 0 Å². The first-order chi connectivity index (χ1) is 12.7. The first kappa shape index (κ1) is 22.1. The van der Waals surface area contributed by atoms with E-state index in [4.69, 9.17) is 23.2 Å². The summed E-state index contributed by atoms with van der Waals surface area (Å²) < 4.78 is 2.28. The maximum absolute atomic E-state index is 6.37. The van der Waals surface area contributed by atoms with Gasteiger partial charge in [-0.1, -0.05) is 73.7 Å². The Hall–Kier alpha value is -1.19. The van der Waals surface area contributed by atoms with Gasteiger partial charge in [0, 0.05) is 40.2 Å². The van der Waals surface area contributed by atoms with Gasteiger partial charge < -0.3 is 9.88 Å². The summed E-state index contributed by atoms with van der Waals surface area (Å²) in [5, 5.41) is 6.28. The van der Waals surface area contributed by atoms with Crippen molar-refractivity contribution in [3.8, 4) is 0 Å². The zero-order chi connectivity index (χ0) is 18.4. The highest BCUT2D eigenvalue weighted by atomic mass is 35.5. The Balaban J connectivity index is 0.00000261. The van der Waals surface area contributed by atoms with Crippen LogP contribution in [-0.2, 0) is 13.1 Å². The van der Waals surface area contributed by atoms with Gasteiger partial charge in [0.1, 0.15) is 0 Å². The second-order valence-corrected chi connectivity index (χ2v) is 7.62. The summed E-state index contributed by atoms with van der Waals surface area (Å²) in [6.07, 6.45) is 7.39. The maximum Gasteiger partial charge on any atom is 0.0491 e. The van der Waals surface area contributed by atoms with Gasteiger partial charge in [-0.05, 0) is 42.3 Å². The van der Waals surface area contributed by atoms with Gasteiger partial charge in [0.25, 0.3) is 0 Å². The van der Waals surface area contributed by atoms with E-state index in [1.54, 1.807) is 0 Å². The number of unbranched alkanes of at least 4 members (excludes halogenated alkanes) is 3. The van der Waals surface area contributed by atoms with E-state index in [2.05, 4.69) is 47.3 Å². The SMILES string of the molecule is CCCCCCNCc1cn(Cc2ccc(Cl)cc2Cl)c2ccccc12.Cl. The number of hydrogen-bond acceptors (Lipinski definition) is 1. The fraction of sp³-hybridized carbons (Fsp3) is 0.364. The molecule has 3 rings (SSSR count). The Bertz CT molecular complexity index is 858. The van der Waals surface area contributed by atoms with Crippen molar-refractivity contribution < 1.29 is 0 Å². The number of halogens is 3. The third kappa shape index (κ3) is 5.89. The average Bonchev–Trinajstić information content (AvgIpc) is 2.98. The lowest BCUT2D eigenvalue weighted by Gasteiger charge is -2.08. The molecule has 0 atom stereocenters. The minimum absolute atomic E-state index is 0. The molecule has 0 unspecified atom stereocenters. The molecule has 1 heterocycles. The normalized spacial score (nSPS) is 10.9. The Kier molecular flexibility index (Phi) is 8.98. The molecule has 2 aromatic carbocycles. The summed E-state index contributed by atoms with van der Waals surface area (Å²) in [5.41, 5.74) is 3.65. The quantitative estimate of drug-likeness (QED) is 0.362. The van der Waals surface area contributed by atoms with Crippen LogP contribution >= 0.6 is 35.6 Å². The van der Waals surface area contributed by atoms with Gasteiger partial charge in [-0.25, -0.2) is 0 Å². The molecule has 146 valence electrons. The largest absolute Gasteiger partial charge is 0.343 e. The van der Waals surface area contributed by atoms with Gasteiger partial charge in [0.05, 0.1) is 0 Å². The number of hydrogen-bond donors (Lipinski definition) is 1. The molecule has 0 radical (unpaired) electrons. The second-order valence-electron chi connectivity index (χ2n) is 6.77. The van der Waals surface area contributed by atoms with Gasteiger partial charge in [-0.15, -0.1) is 12.4 Å². The first-order valence-corrected chi connectivity index (χ1v) is 10.2. The van der Waals surface area contributed by atoms with E-state index in [1.165, 1.54) is 42.1 Å². The highest BCUT2D eigenvalue weighted by molar-refractivity contribution is 6.35. The first-order valence-electron chi connectivity index (χ1n) is 9.40. The molecule has 0 saturated carbocycles. The zero-order valence-corrected chi connectivity index (χ0v) is 18.0. The van der Waals surface area contributed by atoms with E-state index in [9.17, 15) is 0 Å². The molecule has 5 heteroatoms. The molecule has 1 N–H and O–H groups in total. The van der Waals surface area contributed by atoms with E-state index in [1.807, 2.05) is 18.2 Å². The van der Waals surface area contributed by atoms with Crippen molar-refractivity contribution >= 4 is 46.5 Å². The molecule has 3 aromatic rings. The molecule has 0 saturated heterocycles. The van der Waals surface area contributed by atoms with Gasteiger partial charge in [0.15, 0.2) is 0 Å². The summed E-state index contributed by atoms with van der Waals surface area (Å²) >= 11 is 12.4. The smallest absolute Gasteiger partial charge is 0.0491 e. The number of para-hydroxylation sites is 1. The second kappa shape index (κ2) is 11.0. The number of fused-ring (bicyclic) bond motifs is 1. The van der Waals surface area contributed by atoms with Crippen LogP contribution in [-0.4, -0.2) is 11.1 Å². The minimum Gasteiger partial charge on any atom is -0.343 e. The third-order valence-corrected chi connectivity index (χ3v) is 5.34. The molecule has 27 heavy (non-hydrogen) atoms. The monoisotopic (exact) mass is 424 g/mol. The molecule has 0 spiro atoms. The van der Waals surface area contributed by atoms with Crippen LogP contribution in [0.4, 0.5) is 0 Å². The van der Waals surface area contributed by atoms with Crippen molar-refractivity contribution in [1.29, 1.82) is 0 Å². The highest BCUT2D eigenvalue weighted by Crippen LogP contribution is 2.26. The molecule has 0 fully saturated rings. The molecule has 1 aromatic heterocycles. The van der Waals surface area contributed by atoms with Crippen molar-refractivity contribution in [3.05, 3.63) is 69.8 Å². The van der Waals surface area contributed by atoms with Crippen LogP contribution in [0.3, 0.4) is 0 Å². The fourth-order valence-corrected chi connectivity index (χ4v) is 3.80. The molecule has 0 bridgehead atoms. The average molecular weight is 426 g/mol. The number of aromatic nitrogens is 1. The van der Waals surface area contributed by atoms with E-state index in [-0.39, 0.29) is 12.4 Å². The number of nitrogens with zero attached hydrogens (tertiary/aromatic N) is 1. The van der Waals surface area contributed by atoms with Crippen LogP contribution in [0.5, 0.6) is 0 Å². The van der Waals surface area contributed by atoms with Crippen LogP contribution in [0, 0.1) is 0 Å². The van der Waals surface area contributed by atoms with Crippen LogP contribution in [0.2, 0.25) is 10.0 Å². The van der Waals surface area contributed by atoms with E-state index < -0.39 is 0 Å². The third-order valence-electron chi connectivity index (χ3n) is 4.75. The van der Waals surface area contributed by atoms with E-state index in [0.717, 1.165) is 25.2 Å². The van der Waals surface area contributed by atoms with Crippen molar-refractivity contribution in [2.45, 2.75) is 45.7 Å². The van der Waals surface area contributed by atoms with Crippen molar-refractivity contribution in [2.24, 2.45) is 0 Å². The summed E-state index contributed by atoms with van der Waals surface area (Å²) in [7, 11) is 0. The molecule has 2 nitrogen and oxygen atoms in total. The molecular weight excluding hydrogens is 399 g/mol. The lowest BCUT2D eigenvalue weighted by atomic mass is 10.1. The Morgan fingerprint density at radius 1 is 0.963 bits per heavy atom. The Labute approximate surface area is 178 Å². The van der Waals surface area contributed by atoms with Crippen molar-refractivity contribution in [2.75, 3.05) is 6.54 Å². The highest BCUT2D eigenvalue weighted by Gasteiger charge is 2.10. The molecule has 0 amide bonds. The summed E-state index contributed by atoms with van der Waals surface area (Å²) in [6, 6.07) is 14.3. The topological polar surface area (TPSA) is 17.0 Å². The maximum atomic E-state index is 6.37. The van der Waals surface area contributed by atoms with Crippen LogP contribution in [0.15, 0.2) is 48.7 Å². The Morgan fingerprint density at radius 2 is 1.78 bits per heavy atom. The summed E-state index contributed by atoms with van der Waals surface area (Å²) in [6.45, 7) is 4.96. The lowest BCUT2D eigenvalue weighted by molar-refractivity contribution is 0.598. The molecule has 0 aliphatic carbocycles. The summed E-state index contributed by atoms with van der Waals surface area (Å²) in [4.78, 5) is 0. The summed E-state index contributed by atoms with van der Waals surface area (Å²) in [5.74, 6) is 0. The zero-order valence-electron chi connectivity index (χ0n) is 15.7. The predicted molar refractivity (Wildman–Crippen MR) is 121 cm³/mol.